The molecule has 1 aliphatic heterocycles. The van der Waals surface area contributed by atoms with Crippen LogP contribution in [0.25, 0.3) is 0 Å². The van der Waals surface area contributed by atoms with Gasteiger partial charge in [0.15, 0.2) is 9.84 Å². The highest BCUT2D eigenvalue weighted by Gasteiger charge is 2.46. The highest BCUT2D eigenvalue weighted by atomic mass is 35.5. The lowest BCUT2D eigenvalue weighted by Gasteiger charge is -2.40. The number of amides is 1. The zero-order valence-electron chi connectivity index (χ0n) is 17.1. The van der Waals surface area contributed by atoms with Crippen molar-refractivity contribution in [2.24, 2.45) is 5.92 Å². The minimum absolute atomic E-state index is 0.00432. The van der Waals surface area contributed by atoms with Gasteiger partial charge < -0.3 is 4.90 Å². The van der Waals surface area contributed by atoms with E-state index in [1.165, 1.54) is 19.9 Å². The van der Waals surface area contributed by atoms with Gasteiger partial charge >= 0.3 is 6.18 Å². The normalized spacial score (nSPS) is 18.3. The lowest BCUT2D eigenvalue weighted by atomic mass is 9.85. The predicted molar refractivity (Wildman–Crippen MR) is 112 cm³/mol. The van der Waals surface area contributed by atoms with Crippen molar-refractivity contribution in [3.63, 3.8) is 0 Å². The number of carbonyl (C=O) groups is 1. The van der Waals surface area contributed by atoms with Gasteiger partial charge in [-0.15, -0.1) is 0 Å². The van der Waals surface area contributed by atoms with Crippen LogP contribution < -0.4 is 0 Å². The maximum atomic E-state index is 13.2. The Morgan fingerprint density at radius 3 is 2.39 bits per heavy atom. The third-order valence-electron chi connectivity index (χ3n) is 5.99. The molecule has 168 valence electrons. The lowest BCUT2D eigenvalue weighted by Crippen LogP contribution is -2.48. The Kier molecular flexibility index (Phi) is 6.45. The Morgan fingerprint density at radius 2 is 1.77 bits per heavy atom. The number of hydrogen-bond donors (Lipinski definition) is 0. The molecule has 2 aromatic carbocycles. The molecule has 0 aromatic heterocycles. The molecule has 4 nitrogen and oxygen atoms in total. The number of rotatable bonds is 5. The number of piperidine rings is 1. The van der Waals surface area contributed by atoms with Gasteiger partial charge in [0.2, 0.25) is 5.91 Å². The van der Waals surface area contributed by atoms with Crippen LogP contribution in [0.5, 0.6) is 0 Å². The molecule has 0 bridgehead atoms. The zero-order valence-corrected chi connectivity index (χ0v) is 18.7. The van der Waals surface area contributed by atoms with Crippen LogP contribution in [-0.4, -0.2) is 30.5 Å². The second-order valence-electron chi connectivity index (χ2n) is 8.23. The van der Waals surface area contributed by atoms with Crippen LogP contribution in [0.2, 0.25) is 5.02 Å². The third-order valence-corrected chi connectivity index (χ3v) is 8.95. The molecule has 1 atom stereocenters. The molecule has 0 saturated carbocycles. The summed E-state index contributed by atoms with van der Waals surface area (Å²) in [4.78, 5) is 14.0. The van der Waals surface area contributed by atoms with E-state index in [-0.39, 0.29) is 12.3 Å². The number of nitrogens with zero attached hydrogens (tertiary/aromatic N) is 1. The van der Waals surface area contributed by atoms with Gasteiger partial charge in [0.1, 0.15) is 0 Å². The fraction of sp³-hybridized carbons (Fsp3) is 0.409. The van der Waals surface area contributed by atoms with Crippen molar-refractivity contribution >= 4 is 27.3 Å². The van der Waals surface area contributed by atoms with Crippen molar-refractivity contribution in [1.82, 2.24) is 4.90 Å². The fourth-order valence-corrected chi connectivity index (χ4v) is 5.82. The van der Waals surface area contributed by atoms with Crippen LogP contribution in [0.4, 0.5) is 13.2 Å². The van der Waals surface area contributed by atoms with Gasteiger partial charge in [0.25, 0.3) is 0 Å². The van der Waals surface area contributed by atoms with E-state index in [1.54, 1.807) is 17.0 Å². The number of benzene rings is 2. The van der Waals surface area contributed by atoms with Crippen molar-refractivity contribution < 1.29 is 26.4 Å². The smallest absolute Gasteiger partial charge is 0.338 e. The SMILES string of the molecule is CC(C)(C1CCN(Cc2ccccc2Cl)C(=O)C1)S(=O)(=O)c1cccc(C(F)(F)F)c1. The Bertz CT molecular complexity index is 1080. The minimum atomic E-state index is -4.64. The summed E-state index contributed by atoms with van der Waals surface area (Å²) < 4.78 is 64.2. The maximum absolute atomic E-state index is 13.2. The maximum Gasteiger partial charge on any atom is 0.416 e. The molecule has 9 heteroatoms. The molecule has 2 aromatic rings. The van der Waals surface area contributed by atoms with Crippen LogP contribution in [0, 0.1) is 5.92 Å². The average Bonchev–Trinajstić information content (AvgIpc) is 2.70. The topological polar surface area (TPSA) is 54.5 Å². The van der Waals surface area contributed by atoms with Crippen molar-refractivity contribution in [2.75, 3.05) is 6.54 Å². The zero-order chi connectivity index (χ0) is 23.0. The molecule has 0 aliphatic carbocycles. The average molecular weight is 474 g/mol. The van der Waals surface area contributed by atoms with E-state index in [0.29, 0.717) is 30.6 Å². The highest BCUT2D eigenvalue weighted by molar-refractivity contribution is 7.92. The van der Waals surface area contributed by atoms with E-state index in [1.807, 2.05) is 12.1 Å². The standard InChI is InChI=1S/C22H23ClF3NO3S/c1-21(2,31(29,30)18-8-5-7-17(12-18)22(24,25)26)16-10-11-27(20(28)13-16)14-15-6-3-4-9-19(15)23/h3-9,12,16H,10-11,13-14H2,1-2H3. The van der Waals surface area contributed by atoms with Gasteiger partial charge in [-0.25, -0.2) is 8.42 Å². The summed E-state index contributed by atoms with van der Waals surface area (Å²) in [5.41, 5.74) is -0.221. The number of halogens is 4. The van der Waals surface area contributed by atoms with Crippen LogP contribution in [0.15, 0.2) is 53.4 Å². The molecule has 0 N–H and O–H groups in total. The molecule has 1 unspecified atom stereocenters. The monoisotopic (exact) mass is 473 g/mol. The van der Waals surface area contributed by atoms with Gasteiger partial charge in [0, 0.05) is 24.5 Å². The molecule has 1 saturated heterocycles. The summed E-state index contributed by atoms with van der Waals surface area (Å²) in [6.45, 7) is 3.62. The van der Waals surface area contributed by atoms with Crippen molar-refractivity contribution in [3.05, 3.63) is 64.7 Å². The van der Waals surface area contributed by atoms with Crippen molar-refractivity contribution in [1.29, 1.82) is 0 Å². The van der Waals surface area contributed by atoms with E-state index >= 15 is 0 Å². The van der Waals surface area contributed by atoms with E-state index in [2.05, 4.69) is 0 Å². The Labute approximate surface area is 184 Å². The Hall–Kier alpha value is -2.06. The van der Waals surface area contributed by atoms with E-state index < -0.39 is 37.1 Å². The predicted octanol–water partition coefficient (Wildman–Crippen LogP) is 5.35. The quantitative estimate of drug-likeness (QED) is 0.588. The molecule has 1 heterocycles. The Balaban J connectivity index is 1.80. The highest BCUT2D eigenvalue weighted by Crippen LogP contribution is 2.40. The molecule has 3 rings (SSSR count). The molecular formula is C22H23ClF3NO3S. The fourth-order valence-electron chi connectivity index (χ4n) is 3.83. The summed E-state index contributed by atoms with van der Waals surface area (Å²) in [7, 11) is -4.12. The summed E-state index contributed by atoms with van der Waals surface area (Å²) in [5.74, 6) is -0.731. The summed E-state index contributed by atoms with van der Waals surface area (Å²) in [6, 6.07) is 10.9. The van der Waals surface area contributed by atoms with Gasteiger partial charge in [-0.1, -0.05) is 35.9 Å². The van der Waals surface area contributed by atoms with Gasteiger partial charge in [-0.2, -0.15) is 13.2 Å². The van der Waals surface area contributed by atoms with Gasteiger partial charge in [-0.3, -0.25) is 4.79 Å². The first-order valence-corrected chi connectivity index (χ1v) is 11.6. The van der Waals surface area contributed by atoms with Crippen LogP contribution in [0.1, 0.15) is 37.8 Å². The molecule has 31 heavy (non-hydrogen) atoms. The number of alkyl halides is 3. The number of hydrogen-bond acceptors (Lipinski definition) is 3. The molecule has 1 fully saturated rings. The van der Waals surface area contributed by atoms with E-state index in [9.17, 15) is 26.4 Å². The summed E-state index contributed by atoms with van der Waals surface area (Å²) in [5, 5.41) is 0.546. The second-order valence-corrected chi connectivity index (χ2v) is 11.2. The molecule has 0 spiro atoms. The first-order chi connectivity index (χ1) is 14.3. The molecule has 1 amide bonds. The van der Waals surface area contributed by atoms with Gasteiger partial charge in [0.05, 0.1) is 15.2 Å². The number of carbonyl (C=O) groups excluding carboxylic acids is 1. The number of sulfone groups is 1. The largest absolute Gasteiger partial charge is 0.416 e. The van der Waals surface area contributed by atoms with Crippen LogP contribution in [0.3, 0.4) is 0 Å². The number of likely N-dealkylation sites (tertiary alicyclic amines) is 1. The Morgan fingerprint density at radius 1 is 1.10 bits per heavy atom. The van der Waals surface area contributed by atoms with E-state index in [4.69, 9.17) is 11.6 Å². The second kappa shape index (κ2) is 8.47. The summed E-state index contributed by atoms with van der Waals surface area (Å²) >= 11 is 6.17. The van der Waals surface area contributed by atoms with Crippen LogP contribution in [-0.2, 0) is 27.4 Å². The van der Waals surface area contributed by atoms with E-state index in [0.717, 1.165) is 17.7 Å². The first-order valence-electron chi connectivity index (χ1n) is 9.77. The first kappa shape index (κ1) is 23.6. The molecule has 1 aliphatic rings. The molecular weight excluding hydrogens is 451 g/mol. The molecule has 0 radical (unpaired) electrons. The minimum Gasteiger partial charge on any atom is -0.338 e. The third kappa shape index (κ3) is 4.75. The van der Waals surface area contributed by atoms with Gasteiger partial charge in [-0.05, 0) is 56.0 Å². The summed E-state index contributed by atoms with van der Waals surface area (Å²) in [6.07, 6.45) is -4.23. The lowest BCUT2D eigenvalue weighted by molar-refractivity contribution is -0.138. The van der Waals surface area contributed by atoms with Crippen LogP contribution >= 0.6 is 11.6 Å². The van der Waals surface area contributed by atoms with Crippen molar-refractivity contribution in [2.45, 2.75) is 49.1 Å². The van der Waals surface area contributed by atoms with Crippen molar-refractivity contribution in [3.8, 4) is 0 Å².